The zero-order chi connectivity index (χ0) is 31.3. The van der Waals surface area contributed by atoms with E-state index in [4.69, 9.17) is 0 Å². The Labute approximate surface area is 245 Å². The quantitative estimate of drug-likeness (QED) is 0.104. The first kappa shape index (κ1) is 30.0. The molecule has 0 aliphatic rings. The van der Waals surface area contributed by atoms with Crippen LogP contribution in [0.5, 0.6) is 5.75 Å². The second-order valence-electron chi connectivity index (χ2n) is 9.37. The fourth-order valence-electron chi connectivity index (χ4n) is 4.51. The molecule has 5 N–H and O–H groups in total. The van der Waals surface area contributed by atoms with Crippen LogP contribution in [-0.2, 0) is 30.4 Å². The molecule has 43 heavy (non-hydrogen) atoms. The van der Waals surface area contributed by atoms with Gasteiger partial charge in [0.2, 0.25) is 0 Å². The van der Waals surface area contributed by atoms with Gasteiger partial charge in [0, 0.05) is 33.6 Å². The SMILES string of the molecule is Cc1ccc(Nc2ccc(N=Nc3ccc(S(=O)(=O)O)c4cc(S(=O)(=O)O)cc(O)c34)c3cccc(S(=O)(=O)O)c23)cc1. The molecule has 0 spiro atoms. The highest BCUT2D eigenvalue weighted by Crippen LogP contribution is 2.42. The molecule has 222 valence electrons. The molecule has 16 heteroatoms. The molecule has 0 amide bonds. The summed E-state index contributed by atoms with van der Waals surface area (Å²) in [6, 6.07) is 17.8. The fourth-order valence-corrected chi connectivity index (χ4v) is 6.45. The molecule has 0 bridgehead atoms. The number of azo groups is 1. The van der Waals surface area contributed by atoms with Crippen molar-refractivity contribution in [3.8, 4) is 5.75 Å². The zero-order valence-electron chi connectivity index (χ0n) is 21.9. The maximum atomic E-state index is 12.3. The third kappa shape index (κ3) is 6.05. The predicted octanol–water partition coefficient (Wildman–Crippen LogP) is 5.91. The van der Waals surface area contributed by atoms with Gasteiger partial charge < -0.3 is 10.4 Å². The van der Waals surface area contributed by atoms with Crippen LogP contribution in [0.25, 0.3) is 21.5 Å². The van der Waals surface area contributed by atoms with Crippen LogP contribution in [0.4, 0.5) is 22.7 Å². The highest BCUT2D eigenvalue weighted by Gasteiger charge is 2.23. The molecule has 0 radical (unpaired) electrons. The Kier molecular flexibility index (Phi) is 7.45. The van der Waals surface area contributed by atoms with E-state index in [0.717, 1.165) is 23.8 Å². The number of aromatic hydroxyl groups is 1. The van der Waals surface area contributed by atoms with Gasteiger partial charge in [-0.05, 0) is 55.5 Å². The topological polar surface area (TPSA) is 220 Å². The number of hydrogen-bond donors (Lipinski definition) is 5. The summed E-state index contributed by atoms with van der Waals surface area (Å²) in [5.41, 5.74) is 1.90. The van der Waals surface area contributed by atoms with Crippen LogP contribution in [0.15, 0.2) is 104 Å². The number of phenolic OH excluding ortho intramolecular Hbond substituents is 1. The molecule has 0 aliphatic heterocycles. The highest BCUT2D eigenvalue weighted by molar-refractivity contribution is 7.86. The van der Waals surface area contributed by atoms with Gasteiger partial charge in [-0.3, -0.25) is 13.7 Å². The lowest BCUT2D eigenvalue weighted by molar-refractivity contribution is 0.470. The average Bonchev–Trinajstić information content (AvgIpc) is 2.91. The minimum absolute atomic E-state index is 0.0919. The summed E-state index contributed by atoms with van der Waals surface area (Å²) < 4.78 is 101. The lowest BCUT2D eigenvalue weighted by Gasteiger charge is -2.14. The molecule has 0 aliphatic carbocycles. The van der Waals surface area contributed by atoms with Crippen molar-refractivity contribution >= 4 is 74.6 Å². The van der Waals surface area contributed by atoms with Crippen LogP contribution < -0.4 is 5.32 Å². The second-order valence-corrected chi connectivity index (χ2v) is 13.6. The molecule has 0 saturated heterocycles. The van der Waals surface area contributed by atoms with E-state index >= 15 is 0 Å². The Balaban J connectivity index is 1.72. The third-order valence-electron chi connectivity index (χ3n) is 6.43. The molecule has 0 saturated carbocycles. The molecule has 0 atom stereocenters. The number of phenols is 1. The van der Waals surface area contributed by atoms with Crippen LogP contribution in [-0.4, -0.2) is 44.0 Å². The molecule has 13 nitrogen and oxygen atoms in total. The van der Waals surface area contributed by atoms with E-state index in [9.17, 15) is 44.0 Å². The van der Waals surface area contributed by atoms with Crippen molar-refractivity contribution in [2.75, 3.05) is 5.32 Å². The van der Waals surface area contributed by atoms with Crippen molar-refractivity contribution in [1.29, 1.82) is 0 Å². The summed E-state index contributed by atoms with van der Waals surface area (Å²) in [5, 5.41) is 21.6. The number of nitrogens with one attached hydrogen (secondary N) is 1. The number of aryl methyl sites for hydroxylation is 1. The van der Waals surface area contributed by atoms with E-state index < -0.39 is 56.2 Å². The Hall–Kier alpha value is -4.45. The smallest absolute Gasteiger partial charge is 0.295 e. The summed E-state index contributed by atoms with van der Waals surface area (Å²) in [5.74, 6) is -0.791. The van der Waals surface area contributed by atoms with Crippen molar-refractivity contribution in [1.82, 2.24) is 0 Å². The van der Waals surface area contributed by atoms with E-state index in [1.54, 1.807) is 12.1 Å². The van der Waals surface area contributed by atoms with E-state index in [2.05, 4.69) is 15.5 Å². The molecule has 0 aromatic heterocycles. The normalized spacial score (nSPS) is 12.7. The van der Waals surface area contributed by atoms with Gasteiger partial charge in [-0.25, -0.2) is 0 Å². The monoisotopic (exact) mass is 643 g/mol. The lowest BCUT2D eigenvalue weighted by Crippen LogP contribution is -2.02. The van der Waals surface area contributed by atoms with Gasteiger partial charge in [-0.15, -0.1) is 10.2 Å². The van der Waals surface area contributed by atoms with E-state index in [0.29, 0.717) is 17.4 Å². The van der Waals surface area contributed by atoms with Gasteiger partial charge in [0.05, 0.1) is 21.7 Å². The Bertz CT molecular complexity index is 2300. The molecule has 0 unspecified atom stereocenters. The van der Waals surface area contributed by atoms with Crippen molar-refractivity contribution in [2.24, 2.45) is 10.2 Å². The maximum Gasteiger partial charge on any atom is 0.295 e. The van der Waals surface area contributed by atoms with Gasteiger partial charge in [0.1, 0.15) is 15.5 Å². The number of nitrogens with zero attached hydrogens (tertiary/aromatic N) is 2. The van der Waals surface area contributed by atoms with Crippen molar-refractivity contribution in [3.05, 3.63) is 84.4 Å². The van der Waals surface area contributed by atoms with Crippen LogP contribution in [0.3, 0.4) is 0 Å². The number of benzene rings is 5. The van der Waals surface area contributed by atoms with E-state index in [1.165, 1.54) is 30.3 Å². The first-order chi connectivity index (χ1) is 20.0. The van der Waals surface area contributed by atoms with Gasteiger partial charge in [-0.2, -0.15) is 25.3 Å². The van der Waals surface area contributed by atoms with Gasteiger partial charge in [0.15, 0.2) is 0 Å². The highest BCUT2D eigenvalue weighted by atomic mass is 32.2. The van der Waals surface area contributed by atoms with Crippen LogP contribution in [0, 0.1) is 6.92 Å². The lowest BCUT2D eigenvalue weighted by atomic mass is 10.1. The Morgan fingerprint density at radius 3 is 1.88 bits per heavy atom. The van der Waals surface area contributed by atoms with Crippen molar-refractivity contribution in [2.45, 2.75) is 21.6 Å². The number of rotatable bonds is 7. The average molecular weight is 644 g/mol. The van der Waals surface area contributed by atoms with E-state index in [1.807, 2.05) is 19.1 Å². The van der Waals surface area contributed by atoms with Crippen LogP contribution >= 0.6 is 0 Å². The summed E-state index contributed by atoms with van der Waals surface area (Å²) in [6.45, 7) is 1.90. The minimum atomic E-state index is -4.92. The summed E-state index contributed by atoms with van der Waals surface area (Å²) in [4.78, 5) is -2.01. The molecule has 0 fully saturated rings. The number of fused-ring (bicyclic) bond motifs is 2. The van der Waals surface area contributed by atoms with Gasteiger partial charge in [0.25, 0.3) is 30.4 Å². The van der Waals surface area contributed by atoms with Crippen LogP contribution in [0.2, 0.25) is 0 Å². The largest absolute Gasteiger partial charge is 0.507 e. The Morgan fingerprint density at radius 1 is 0.628 bits per heavy atom. The molecule has 5 aromatic rings. The van der Waals surface area contributed by atoms with E-state index in [-0.39, 0.29) is 27.5 Å². The maximum absolute atomic E-state index is 12.3. The minimum Gasteiger partial charge on any atom is -0.507 e. The summed E-state index contributed by atoms with van der Waals surface area (Å²) in [7, 11) is -14.5. The van der Waals surface area contributed by atoms with Gasteiger partial charge in [-0.1, -0.05) is 29.8 Å². The summed E-state index contributed by atoms with van der Waals surface area (Å²) in [6.07, 6.45) is 0. The number of anilines is 2. The Morgan fingerprint density at radius 2 is 1.26 bits per heavy atom. The zero-order valence-corrected chi connectivity index (χ0v) is 24.3. The standard InChI is InChI=1S/C27H21N3O10S3/c1-15-5-7-16(8-6-15)28-21-10-9-20(18-3-2-4-25(27(18)21)43(38,39)40)29-30-22-11-12-24(42(35,36)37)19-13-17(41(32,33)34)14-23(31)26(19)22/h2-14,28,31H,1H3,(H,32,33,34)(H,35,36,37)(H,38,39,40). The first-order valence-corrected chi connectivity index (χ1v) is 16.4. The molecular weight excluding hydrogens is 623 g/mol. The first-order valence-electron chi connectivity index (χ1n) is 12.1. The second kappa shape index (κ2) is 10.7. The summed E-state index contributed by atoms with van der Waals surface area (Å²) >= 11 is 0. The molecule has 5 rings (SSSR count). The third-order valence-corrected chi connectivity index (χ3v) is 9.07. The van der Waals surface area contributed by atoms with Gasteiger partial charge >= 0.3 is 0 Å². The number of hydrogen-bond acceptors (Lipinski definition) is 10. The van der Waals surface area contributed by atoms with Crippen molar-refractivity contribution in [3.63, 3.8) is 0 Å². The molecular formula is C27H21N3O10S3. The van der Waals surface area contributed by atoms with Crippen molar-refractivity contribution < 1.29 is 44.0 Å². The predicted molar refractivity (Wildman–Crippen MR) is 158 cm³/mol. The molecule has 5 aromatic carbocycles. The van der Waals surface area contributed by atoms with Crippen LogP contribution in [0.1, 0.15) is 5.56 Å². The molecule has 0 heterocycles. The fraction of sp³-hybridized carbons (Fsp3) is 0.0370.